The van der Waals surface area contributed by atoms with Crippen molar-refractivity contribution < 1.29 is 0 Å². The summed E-state index contributed by atoms with van der Waals surface area (Å²) in [5, 5.41) is 0. The van der Waals surface area contributed by atoms with E-state index in [1.807, 2.05) is 13.8 Å². The second kappa shape index (κ2) is 3.63. The average molecular weight is 280 g/mol. The van der Waals surface area contributed by atoms with E-state index in [1.54, 1.807) is 6.20 Å². The van der Waals surface area contributed by atoms with E-state index in [-0.39, 0.29) is 4.83 Å². The van der Waals surface area contributed by atoms with Gasteiger partial charge in [0.2, 0.25) is 0 Å². The Balaban J connectivity index is 3.05. The summed E-state index contributed by atoms with van der Waals surface area (Å²) in [4.78, 5) is 8.62. The fraction of sp³-hybridized carbons (Fsp3) is 0.429. The molecule has 1 aromatic rings. The molecule has 0 amide bonds. The van der Waals surface area contributed by atoms with Gasteiger partial charge in [-0.15, -0.1) is 0 Å². The molecule has 1 atom stereocenters. The largest absolute Gasteiger partial charge is 0.239 e. The Morgan fingerprint density at radius 2 is 2.18 bits per heavy atom. The fourth-order valence-electron chi connectivity index (χ4n) is 0.662. The van der Waals surface area contributed by atoms with Crippen LogP contribution in [0, 0.1) is 6.92 Å². The summed E-state index contributed by atoms with van der Waals surface area (Å²) in [5.74, 6) is 0.825. The smallest absolute Gasteiger partial charge is 0.141 e. The molecule has 0 fully saturated rings. The Labute approximate surface area is 82.7 Å². The molecule has 0 radical (unpaired) electrons. The highest BCUT2D eigenvalue weighted by molar-refractivity contribution is 9.10. The predicted molar refractivity (Wildman–Crippen MR) is 51.8 cm³/mol. The van der Waals surface area contributed by atoms with Gasteiger partial charge in [-0.3, -0.25) is 0 Å². The van der Waals surface area contributed by atoms with Crippen molar-refractivity contribution in [1.29, 1.82) is 0 Å². The maximum atomic E-state index is 4.27. The molecule has 1 heterocycles. The van der Waals surface area contributed by atoms with E-state index in [0.717, 1.165) is 16.0 Å². The molecule has 60 valence electrons. The summed E-state index contributed by atoms with van der Waals surface area (Å²) in [6, 6.07) is 0. The molecule has 0 saturated heterocycles. The summed E-state index contributed by atoms with van der Waals surface area (Å²) in [7, 11) is 0. The molecular weight excluding hydrogens is 272 g/mol. The molecule has 0 aliphatic rings. The number of rotatable bonds is 1. The molecule has 1 aromatic heterocycles. The van der Waals surface area contributed by atoms with Crippen molar-refractivity contribution in [1.82, 2.24) is 9.97 Å². The summed E-state index contributed by atoms with van der Waals surface area (Å²) in [6.07, 6.45) is 1.77. The third-order valence-electron chi connectivity index (χ3n) is 1.29. The fourth-order valence-corrected chi connectivity index (χ4v) is 1.07. The SMILES string of the molecule is Cc1nc(C(C)Br)ncc1Br. The van der Waals surface area contributed by atoms with Gasteiger partial charge in [0.25, 0.3) is 0 Å². The molecule has 2 nitrogen and oxygen atoms in total. The highest BCUT2D eigenvalue weighted by atomic mass is 79.9. The second-order valence-corrected chi connectivity index (χ2v) is 4.51. The number of nitrogens with zero attached hydrogens (tertiary/aromatic N) is 2. The van der Waals surface area contributed by atoms with E-state index in [2.05, 4.69) is 41.8 Å². The zero-order chi connectivity index (χ0) is 8.43. The topological polar surface area (TPSA) is 25.8 Å². The third-order valence-corrected chi connectivity index (χ3v) is 2.48. The average Bonchev–Trinajstić information content (AvgIpc) is 1.94. The Hall–Kier alpha value is 0.0400. The summed E-state index contributed by atoms with van der Waals surface area (Å²) in [5.41, 5.74) is 0.973. The molecule has 0 aromatic carbocycles. The minimum Gasteiger partial charge on any atom is -0.239 e. The lowest BCUT2D eigenvalue weighted by molar-refractivity contribution is 0.904. The van der Waals surface area contributed by atoms with Gasteiger partial charge in [0.05, 0.1) is 15.0 Å². The zero-order valence-corrected chi connectivity index (χ0v) is 9.48. The van der Waals surface area contributed by atoms with Gasteiger partial charge in [0.1, 0.15) is 5.82 Å². The molecule has 4 heteroatoms. The first-order valence-electron chi connectivity index (χ1n) is 3.24. The quantitative estimate of drug-likeness (QED) is 0.739. The number of halogens is 2. The van der Waals surface area contributed by atoms with E-state index in [1.165, 1.54) is 0 Å². The number of aryl methyl sites for hydroxylation is 1. The maximum Gasteiger partial charge on any atom is 0.141 e. The van der Waals surface area contributed by atoms with Gasteiger partial charge < -0.3 is 0 Å². The molecule has 0 aliphatic carbocycles. The van der Waals surface area contributed by atoms with Gasteiger partial charge in [0, 0.05) is 6.20 Å². The monoisotopic (exact) mass is 278 g/mol. The van der Waals surface area contributed by atoms with Crippen molar-refractivity contribution in [2.24, 2.45) is 0 Å². The number of aromatic nitrogens is 2. The normalized spacial score (nSPS) is 13.1. The Morgan fingerprint density at radius 3 is 2.64 bits per heavy atom. The van der Waals surface area contributed by atoms with Crippen molar-refractivity contribution in [3.05, 3.63) is 22.2 Å². The van der Waals surface area contributed by atoms with E-state index in [9.17, 15) is 0 Å². The zero-order valence-electron chi connectivity index (χ0n) is 6.31. The van der Waals surface area contributed by atoms with Gasteiger partial charge in [-0.25, -0.2) is 9.97 Å². The van der Waals surface area contributed by atoms with Crippen LogP contribution in [0.15, 0.2) is 10.7 Å². The lowest BCUT2D eigenvalue weighted by atomic mass is 10.4. The minimum absolute atomic E-state index is 0.217. The van der Waals surface area contributed by atoms with Crippen LogP contribution < -0.4 is 0 Å². The van der Waals surface area contributed by atoms with Crippen LogP contribution >= 0.6 is 31.9 Å². The van der Waals surface area contributed by atoms with E-state index in [4.69, 9.17) is 0 Å². The number of hydrogen-bond acceptors (Lipinski definition) is 2. The van der Waals surface area contributed by atoms with Crippen LogP contribution in [0.1, 0.15) is 23.3 Å². The van der Waals surface area contributed by atoms with Gasteiger partial charge in [-0.1, -0.05) is 15.9 Å². The number of alkyl halides is 1. The summed E-state index contributed by atoms with van der Waals surface area (Å²) in [6.45, 7) is 3.95. The van der Waals surface area contributed by atoms with Crippen LogP contribution in [-0.4, -0.2) is 9.97 Å². The molecule has 0 spiro atoms. The third kappa shape index (κ3) is 2.24. The van der Waals surface area contributed by atoms with Crippen LogP contribution in [-0.2, 0) is 0 Å². The minimum atomic E-state index is 0.217. The number of hydrogen-bond donors (Lipinski definition) is 0. The van der Waals surface area contributed by atoms with E-state index < -0.39 is 0 Å². The van der Waals surface area contributed by atoms with E-state index >= 15 is 0 Å². The highest BCUT2D eigenvalue weighted by Crippen LogP contribution is 2.20. The van der Waals surface area contributed by atoms with Crippen LogP contribution in [0.3, 0.4) is 0 Å². The van der Waals surface area contributed by atoms with Crippen molar-refractivity contribution in [3.63, 3.8) is 0 Å². The lowest BCUT2D eigenvalue weighted by Gasteiger charge is -2.02. The van der Waals surface area contributed by atoms with Crippen LogP contribution in [0.2, 0.25) is 0 Å². The predicted octanol–water partition coefficient (Wildman–Crippen LogP) is 3.00. The molecule has 1 rings (SSSR count). The van der Waals surface area contributed by atoms with Crippen LogP contribution in [0.4, 0.5) is 0 Å². The first-order valence-corrected chi connectivity index (χ1v) is 4.95. The molecule has 0 N–H and O–H groups in total. The highest BCUT2D eigenvalue weighted by Gasteiger charge is 2.05. The lowest BCUT2D eigenvalue weighted by Crippen LogP contribution is -1.96. The molecule has 11 heavy (non-hydrogen) atoms. The summed E-state index contributed by atoms with van der Waals surface area (Å²) >= 11 is 6.74. The summed E-state index contributed by atoms with van der Waals surface area (Å²) < 4.78 is 0.953. The van der Waals surface area contributed by atoms with Gasteiger partial charge >= 0.3 is 0 Å². The Morgan fingerprint density at radius 1 is 1.55 bits per heavy atom. The van der Waals surface area contributed by atoms with E-state index in [0.29, 0.717) is 0 Å². The Kier molecular flexibility index (Phi) is 3.01. The maximum absolute atomic E-state index is 4.27. The van der Waals surface area contributed by atoms with Gasteiger partial charge in [-0.2, -0.15) is 0 Å². The molecule has 1 unspecified atom stereocenters. The van der Waals surface area contributed by atoms with Gasteiger partial charge in [-0.05, 0) is 29.8 Å². The standard InChI is InChI=1S/C7H8Br2N2/c1-4(8)7-10-3-6(9)5(2)11-7/h3-4H,1-2H3. The first kappa shape index (κ1) is 9.13. The molecule has 0 bridgehead atoms. The molecule has 0 aliphatic heterocycles. The van der Waals surface area contributed by atoms with Crippen molar-refractivity contribution in [2.75, 3.05) is 0 Å². The van der Waals surface area contributed by atoms with Crippen LogP contribution in [0.25, 0.3) is 0 Å². The second-order valence-electron chi connectivity index (χ2n) is 2.28. The molecule has 0 saturated carbocycles. The molecular formula is C7H8Br2N2. The van der Waals surface area contributed by atoms with Crippen LogP contribution in [0.5, 0.6) is 0 Å². The van der Waals surface area contributed by atoms with Crippen molar-refractivity contribution >= 4 is 31.9 Å². The van der Waals surface area contributed by atoms with Gasteiger partial charge in [0.15, 0.2) is 0 Å². The Bertz CT molecular complexity index is 261. The first-order chi connectivity index (χ1) is 5.11. The van der Waals surface area contributed by atoms with Crippen molar-refractivity contribution in [2.45, 2.75) is 18.7 Å². The van der Waals surface area contributed by atoms with Crippen molar-refractivity contribution in [3.8, 4) is 0 Å².